The number of carbonyl (C=O) groups is 1. The number of ether oxygens (including phenoxy) is 1. The molecule has 1 N–H and O–H groups in total. The lowest BCUT2D eigenvalue weighted by molar-refractivity contribution is 0.187. The van der Waals surface area contributed by atoms with Crippen LogP contribution in [0.3, 0.4) is 0 Å². The first-order chi connectivity index (χ1) is 10.2. The fraction of sp³-hybridized carbons (Fsp3) is 0.188. The predicted molar refractivity (Wildman–Crippen MR) is 81.8 cm³/mol. The van der Waals surface area contributed by atoms with Crippen molar-refractivity contribution in [1.82, 2.24) is 4.98 Å². The van der Waals surface area contributed by atoms with Gasteiger partial charge in [0.2, 0.25) is 0 Å². The lowest BCUT2D eigenvalue weighted by atomic mass is 10.1. The van der Waals surface area contributed by atoms with Crippen molar-refractivity contribution in [2.75, 3.05) is 12.4 Å². The normalized spacial score (nSPS) is 8.86. The van der Waals surface area contributed by atoms with Crippen LogP contribution in [0.1, 0.15) is 19.4 Å². The molecule has 108 valence electrons. The average molecular weight is 283 g/mol. The van der Waals surface area contributed by atoms with Crippen LogP contribution in [-0.2, 0) is 4.74 Å². The first-order valence-electron chi connectivity index (χ1n) is 6.53. The Morgan fingerprint density at radius 3 is 2.43 bits per heavy atom. The highest BCUT2D eigenvalue weighted by molar-refractivity contribution is 5.85. The molecule has 0 fully saturated rings. The van der Waals surface area contributed by atoms with Crippen molar-refractivity contribution in [3.8, 4) is 17.2 Å². The van der Waals surface area contributed by atoms with E-state index in [-0.39, 0.29) is 0 Å². The monoisotopic (exact) mass is 283 g/mol. The molecule has 0 aliphatic heterocycles. The number of pyridine rings is 1. The van der Waals surface area contributed by atoms with E-state index in [0.717, 1.165) is 11.1 Å². The SMILES string of the molecule is CC.COC(=O)Nc1ccc(-c2cncc(C#N)c2)cc1. The van der Waals surface area contributed by atoms with Gasteiger partial charge in [0.15, 0.2) is 0 Å². The fourth-order valence-corrected chi connectivity index (χ4v) is 1.57. The van der Waals surface area contributed by atoms with Gasteiger partial charge in [0, 0.05) is 23.6 Å². The van der Waals surface area contributed by atoms with Crippen LogP contribution in [-0.4, -0.2) is 18.2 Å². The van der Waals surface area contributed by atoms with Crippen molar-refractivity contribution in [3.05, 3.63) is 48.3 Å². The minimum Gasteiger partial charge on any atom is -0.453 e. The minimum atomic E-state index is -0.513. The summed E-state index contributed by atoms with van der Waals surface area (Å²) in [6, 6.07) is 11.0. The smallest absolute Gasteiger partial charge is 0.411 e. The number of anilines is 1. The van der Waals surface area contributed by atoms with Gasteiger partial charge in [0.05, 0.1) is 12.7 Å². The largest absolute Gasteiger partial charge is 0.453 e. The number of nitrogens with one attached hydrogen (secondary N) is 1. The van der Waals surface area contributed by atoms with Gasteiger partial charge in [-0.25, -0.2) is 4.79 Å². The lowest BCUT2D eigenvalue weighted by Crippen LogP contribution is -2.10. The second-order valence-electron chi connectivity index (χ2n) is 3.77. The third-order valence-electron chi connectivity index (χ3n) is 2.52. The lowest BCUT2D eigenvalue weighted by Gasteiger charge is -2.05. The molecular formula is C16H17N3O2. The molecule has 2 rings (SSSR count). The maximum absolute atomic E-state index is 11.0. The molecule has 5 nitrogen and oxygen atoms in total. The summed E-state index contributed by atoms with van der Waals surface area (Å²) in [6.45, 7) is 4.00. The summed E-state index contributed by atoms with van der Waals surface area (Å²) in [7, 11) is 1.31. The van der Waals surface area contributed by atoms with Gasteiger partial charge in [0.1, 0.15) is 6.07 Å². The van der Waals surface area contributed by atoms with Gasteiger partial charge in [-0.1, -0.05) is 26.0 Å². The van der Waals surface area contributed by atoms with Gasteiger partial charge >= 0.3 is 6.09 Å². The van der Waals surface area contributed by atoms with E-state index >= 15 is 0 Å². The van der Waals surface area contributed by atoms with Crippen molar-refractivity contribution < 1.29 is 9.53 Å². The van der Waals surface area contributed by atoms with Gasteiger partial charge in [-0.2, -0.15) is 5.26 Å². The zero-order valence-corrected chi connectivity index (χ0v) is 12.3. The van der Waals surface area contributed by atoms with Crippen molar-refractivity contribution in [3.63, 3.8) is 0 Å². The van der Waals surface area contributed by atoms with E-state index in [9.17, 15) is 4.79 Å². The Kier molecular flexibility index (Phi) is 6.42. The third-order valence-corrected chi connectivity index (χ3v) is 2.52. The summed E-state index contributed by atoms with van der Waals surface area (Å²) < 4.78 is 4.50. The van der Waals surface area contributed by atoms with E-state index in [1.54, 1.807) is 24.4 Å². The Bertz CT molecular complexity index is 631. The molecule has 1 aromatic carbocycles. The van der Waals surface area contributed by atoms with Gasteiger partial charge < -0.3 is 4.74 Å². The zero-order chi connectivity index (χ0) is 15.7. The Hall–Kier alpha value is -2.87. The molecule has 0 saturated carbocycles. The quantitative estimate of drug-likeness (QED) is 0.909. The number of benzene rings is 1. The van der Waals surface area contributed by atoms with Crippen LogP contribution in [0.2, 0.25) is 0 Å². The number of carbonyl (C=O) groups excluding carboxylic acids is 1. The molecule has 2 aromatic rings. The van der Waals surface area contributed by atoms with Crippen LogP contribution in [0, 0.1) is 11.3 Å². The summed E-state index contributed by atoms with van der Waals surface area (Å²) in [5, 5.41) is 11.4. The van der Waals surface area contributed by atoms with Crippen molar-refractivity contribution >= 4 is 11.8 Å². The number of methoxy groups -OCH3 is 1. The molecule has 0 spiro atoms. The maximum Gasteiger partial charge on any atom is 0.411 e. The molecular weight excluding hydrogens is 266 g/mol. The standard InChI is InChI=1S/C14H11N3O2.C2H6/c1-19-14(18)17-13-4-2-11(3-5-13)12-6-10(7-15)8-16-9-12;1-2/h2-6,8-9H,1H3,(H,17,18);1-2H3. The summed E-state index contributed by atoms with van der Waals surface area (Å²) in [6.07, 6.45) is 2.68. The zero-order valence-electron chi connectivity index (χ0n) is 12.3. The number of nitrogens with zero attached hydrogens (tertiary/aromatic N) is 2. The molecule has 0 aliphatic carbocycles. The van der Waals surface area contributed by atoms with Crippen molar-refractivity contribution in [1.29, 1.82) is 5.26 Å². The van der Waals surface area contributed by atoms with Crippen LogP contribution in [0.4, 0.5) is 10.5 Å². The molecule has 0 radical (unpaired) electrons. The summed E-state index contributed by atoms with van der Waals surface area (Å²) in [5.41, 5.74) is 2.91. The van der Waals surface area contributed by atoms with E-state index < -0.39 is 6.09 Å². The molecule has 1 aromatic heterocycles. The Morgan fingerprint density at radius 1 is 1.19 bits per heavy atom. The molecule has 5 heteroatoms. The first kappa shape index (κ1) is 16.2. The topological polar surface area (TPSA) is 75.0 Å². The van der Waals surface area contributed by atoms with Gasteiger partial charge in [-0.05, 0) is 23.8 Å². The van der Waals surface area contributed by atoms with Gasteiger partial charge in [0.25, 0.3) is 0 Å². The van der Waals surface area contributed by atoms with Gasteiger partial charge in [-0.15, -0.1) is 0 Å². The average Bonchev–Trinajstić information content (AvgIpc) is 2.57. The summed E-state index contributed by atoms with van der Waals surface area (Å²) in [5.74, 6) is 0. The van der Waals surface area contributed by atoms with Crippen LogP contribution in [0.5, 0.6) is 0 Å². The number of hydrogen-bond donors (Lipinski definition) is 1. The molecule has 0 bridgehead atoms. The minimum absolute atomic E-state index is 0.509. The Labute approximate surface area is 124 Å². The molecule has 1 heterocycles. The van der Waals surface area contributed by atoms with E-state index in [0.29, 0.717) is 11.3 Å². The molecule has 0 atom stereocenters. The molecule has 0 aliphatic rings. The highest BCUT2D eigenvalue weighted by atomic mass is 16.5. The van der Waals surface area contributed by atoms with Gasteiger partial charge in [-0.3, -0.25) is 10.3 Å². The van der Waals surface area contributed by atoms with Crippen LogP contribution >= 0.6 is 0 Å². The number of amides is 1. The maximum atomic E-state index is 11.0. The predicted octanol–water partition coefficient (Wildman–Crippen LogP) is 3.82. The Balaban J connectivity index is 0.00000106. The third kappa shape index (κ3) is 4.62. The fourth-order valence-electron chi connectivity index (χ4n) is 1.57. The van der Waals surface area contributed by atoms with Crippen molar-refractivity contribution in [2.45, 2.75) is 13.8 Å². The van der Waals surface area contributed by atoms with E-state index in [2.05, 4.69) is 15.0 Å². The molecule has 21 heavy (non-hydrogen) atoms. The highest BCUT2D eigenvalue weighted by Crippen LogP contribution is 2.21. The van der Waals surface area contributed by atoms with Crippen LogP contribution in [0.25, 0.3) is 11.1 Å². The Morgan fingerprint density at radius 2 is 1.86 bits per heavy atom. The summed E-state index contributed by atoms with van der Waals surface area (Å²) >= 11 is 0. The number of aromatic nitrogens is 1. The van der Waals surface area contributed by atoms with Crippen LogP contribution < -0.4 is 5.32 Å². The number of rotatable bonds is 2. The molecule has 0 unspecified atom stereocenters. The second kappa shape index (κ2) is 8.33. The molecule has 0 saturated heterocycles. The van der Waals surface area contributed by atoms with Crippen molar-refractivity contribution in [2.24, 2.45) is 0 Å². The first-order valence-corrected chi connectivity index (χ1v) is 6.53. The number of hydrogen-bond acceptors (Lipinski definition) is 4. The van der Waals surface area contributed by atoms with E-state index in [4.69, 9.17) is 5.26 Å². The van der Waals surface area contributed by atoms with E-state index in [1.807, 2.05) is 32.0 Å². The number of nitriles is 1. The second-order valence-corrected chi connectivity index (χ2v) is 3.77. The summed E-state index contributed by atoms with van der Waals surface area (Å²) in [4.78, 5) is 15.0. The van der Waals surface area contributed by atoms with Crippen LogP contribution in [0.15, 0.2) is 42.7 Å². The highest BCUT2D eigenvalue weighted by Gasteiger charge is 2.02. The molecule has 1 amide bonds. The van der Waals surface area contributed by atoms with E-state index in [1.165, 1.54) is 13.3 Å².